The second kappa shape index (κ2) is 12.6. The Labute approximate surface area is 259 Å². The van der Waals surface area contributed by atoms with E-state index < -0.39 is 5.82 Å². The number of pyridine rings is 1. The third-order valence-corrected chi connectivity index (χ3v) is 8.05. The number of carbonyl (C=O) groups excluding carboxylic acids is 2. The summed E-state index contributed by atoms with van der Waals surface area (Å²) in [4.78, 5) is 40.1. The number of piperidine rings is 1. The summed E-state index contributed by atoms with van der Waals surface area (Å²) in [7, 11) is 1.59. The zero-order valence-electron chi connectivity index (χ0n) is 24.7. The molecule has 0 radical (unpaired) electrons. The van der Waals surface area contributed by atoms with Gasteiger partial charge in [-0.25, -0.2) is 19.3 Å². The number of benzene rings is 2. The van der Waals surface area contributed by atoms with Crippen LogP contribution in [0, 0.1) is 11.7 Å². The summed E-state index contributed by atoms with van der Waals surface area (Å²) in [5.74, 6) is 1.36. The van der Waals surface area contributed by atoms with Gasteiger partial charge in [0.25, 0.3) is 0 Å². The van der Waals surface area contributed by atoms with E-state index in [-0.39, 0.29) is 29.5 Å². The fourth-order valence-electron chi connectivity index (χ4n) is 5.46. The standard InChI is InChI=1S/C32H33FN8O4/c1-3-30(42)40-10-7-20(8-11-40)38-27-14-23-26(15-28(27)44-2)36-18-37-32(23)39-25-5-4-21(12-24(25)33)45-22-6-9-35-29(13-22)41-16-19(17-41)31(34)43/h3-6,9,12-15,18-20,38H,1,7-8,10-11,16-17H2,2H3,(H2,34,43)(H,36,37,39). The number of anilines is 4. The first-order chi connectivity index (χ1) is 21.8. The third kappa shape index (κ3) is 6.42. The molecule has 0 aliphatic carbocycles. The molecule has 0 spiro atoms. The molecule has 4 N–H and O–H groups in total. The van der Waals surface area contributed by atoms with Gasteiger partial charge in [0.1, 0.15) is 41.0 Å². The highest BCUT2D eigenvalue weighted by molar-refractivity contribution is 5.95. The zero-order chi connectivity index (χ0) is 31.5. The second-order valence-electron chi connectivity index (χ2n) is 11.0. The van der Waals surface area contributed by atoms with Crippen LogP contribution in [-0.2, 0) is 9.59 Å². The van der Waals surface area contributed by atoms with Crippen molar-refractivity contribution in [3.63, 3.8) is 0 Å². The van der Waals surface area contributed by atoms with Gasteiger partial charge < -0.3 is 35.6 Å². The number of nitrogens with zero attached hydrogens (tertiary/aromatic N) is 5. The Morgan fingerprint density at radius 3 is 2.53 bits per heavy atom. The lowest BCUT2D eigenvalue weighted by Crippen LogP contribution is -2.52. The number of carbonyl (C=O) groups is 2. The minimum absolute atomic E-state index is 0.0638. The number of hydrogen-bond acceptors (Lipinski definition) is 10. The number of methoxy groups -OCH3 is 1. The maximum atomic E-state index is 15.3. The van der Waals surface area contributed by atoms with Crippen LogP contribution >= 0.6 is 0 Å². The fourth-order valence-corrected chi connectivity index (χ4v) is 5.46. The van der Waals surface area contributed by atoms with Gasteiger partial charge in [-0.05, 0) is 43.2 Å². The highest BCUT2D eigenvalue weighted by atomic mass is 19.1. The van der Waals surface area contributed by atoms with Crippen molar-refractivity contribution in [3.8, 4) is 17.2 Å². The van der Waals surface area contributed by atoms with E-state index in [9.17, 15) is 9.59 Å². The van der Waals surface area contributed by atoms with Gasteiger partial charge in [0.2, 0.25) is 11.8 Å². The van der Waals surface area contributed by atoms with Gasteiger partial charge in [0.15, 0.2) is 0 Å². The topological polar surface area (TPSA) is 148 Å². The van der Waals surface area contributed by atoms with Crippen molar-refractivity contribution in [2.45, 2.75) is 18.9 Å². The van der Waals surface area contributed by atoms with Crippen LogP contribution in [0.2, 0.25) is 0 Å². The van der Waals surface area contributed by atoms with Crippen molar-refractivity contribution >= 4 is 45.7 Å². The van der Waals surface area contributed by atoms with Crippen LogP contribution in [0.1, 0.15) is 12.8 Å². The number of likely N-dealkylation sites (tertiary alicyclic amines) is 1. The Balaban J connectivity index is 1.17. The number of aromatic nitrogens is 3. The number of hydrogen-bond donors (Lipinski definition) is 3. The predicted molar refractivity (Wildman–Crippen MR) is 168 cm³/mol. The Morgan fingerprint density at radius 1 is 1.04 bits per heavy atom. The van der Waals surface area contributed by atoms with Crippen molar-refractivity contribution in [2.24, 2.45) is 11.7 Å². The van der Waals surface area contributed by atoms with Crippen molar-refractivity contribution < 1.29 is 23.5 Å². The van der Waals surface area contributed by atoms with Crippen LogP contribution in [0.5, 0.6) is 17.2 Å². The Bertz CT molecular complexity index is 1750. The first kappa shape index (κ1) is 29.6. The van der Waals surface area contributed by atoms with E-state index in [2.05, 4.69) is 32.2 Å². The van der Waals surface area contributed by atoms with Crippen molar-refractivity contribution in [1.29, 1.82) is 0 Å². The van der Waals surface area contributed by atoms with Crippen LogP contribution in [0.15, 0.2) is 67.6 Å². The second-order valence-corrected chi connectivity index (χ2v) is 11.0. The molecule has 2 saturated heterocycles. The average molecular weight is 613 g/mol. The summed E-state index contributed by atoms with van der Waals surface area (Å²) < 4.78 is 26.9. The number of nitrogens with one attached hydrogen (secondary N) is 2. The quantitative estimate of drug-likeness (QED) is 0.222. The fraction of sp³-hybridized carbons (Fsp3) is 0.281. The maximum Gasteiger partial charge on any atom is 0.245 e. The van der Waals surface area contributed by atoms with Crippen LogP contribution in [0.25, 0.3) is 10.9 Å². The summed E-state index contributed by atoms with van der Waals surface area (Å²) in [6.45, 7) is 5.83. The van der Waals surface area contributed by atoms with Crippen LogP contribution in [0.3, 0.4) is 0 Å². The Morgan fingerprint density at radius 2 is 1.82 bits per heavy atom. The molecule has 45 heavy (non-hydrogen) atoms. The summed E-state index contributed by atoms with van der Waals surface area (Å²) in [5, 5.41) is 7.31. The van der Waals surface area contributed by atoms with Crippen molar-refractivity contribution in [2.75, 3.05) is 48.8 Å². The normalized spacial score (nSPS) is 15.3. The Kier molecular flexibility index (Phi) is 8.32. The lowest BCUT2D eigenvalue weighted by Gasteiger charge is -2.38. The highest BCUT2D eigenvalue weighted by Crippen LogP contribution is 2.35. The minimum atomic E-state index is -0.534. The van der Waals surface area contributed by atoms with E-state index >= 15 is 4.39 Å². The SMILES string of the molecule is C=CC(=O)N1CCC(Nc2cc3c(Nc4ccc(Oc5ccnc(N6CC(C(N)=O)C6)c5)cc4F)ncnc3cc2OC)CC1. The van der Waals surface area contributed by atoms with E-state index in [0.29, 0.717) is 66.0 Å². The summed E-state index contributed by atoms with van der Waals surface area (Å²) >= 11 is 0. The molecular weight excluding hydrogens is 579 g/mol. The number of ether oxygens (including phenoxy) is 2. The first-order valence-electron chi connectivity index (χ1n) is 14.6. The van der Waals surface area contributed by atoms with E-state index in [1.165, 1.54) is 18.5 Å². The molecular formula is C32H33FN8O4. The number of rotatable bonds is 10. The highest BCUT2D eigenvalue weighted by Gasteiger charge is 2.32. The van der Waals surface area contributed by atoms with Gasteiger partial charge in [0.05, 0.1) is 29.9 Å². The molecule has 2 aliphatic heterocycles. The molecule has 0 unspecified atom stereocenters. The van der Waals surface area contributed by atoms with E-state index in [1.54, 1.807) is 42.5 Å². The predicted octanol–water partition coefficient (Wildman–Crippen LogP) is 4.22. The molecule has 4 heterocycles. The van der Waals surface area contributed by atoms with Crippen molar-refractivity contribution in [3.05, 3.63) is 73.5 Å². The van der Waals surface area contributed by atoms with Gasteiger partial charge in [-0.15, -0.1) is 0 Å². The monoisotopic (exact) mass is 612 g/mol. The van der Waals surface area contributed by atoms with Gasteiger partial charge >= 0.3 is 0 Å². The molecule has 13 heteroatoms. The van der Waals surface area contributed by atoms with Gasteiger partial charge in [0, 0.05) is 62.0 Å². The number of halogens is 1. The summed E-state index contributed by atoms with van der Waals surface area (Å²) in [6.07, 6.45) is 5.88. The lowest BCUT2D eigenvalue weighted by atomic mass is 10.00. The van der Waals surface area contributed by atoms with Crippen LogP contribution in [0.4, 0.5) is 27.4 Å². The smallest absolute Gasteiger partial charge is 0.245 e. The lowest BCUT2D eigenvalue weighted by molar-refractivity contribution is -0.127. The zero-order valence-corrected chi connectivity index (χ0v) is 24.7. The van der Waals surface area contributed by atoms with Gasteiger partial charge in [-0.3, -0.25) is 9.59 Å². The molecule has 2 amide bonds. The number of primary amides is 1. The summed E-state index contributed by atoms with van der Waals surface area (Å²) in [6, 6.07) is 11.8. The average Bonchev–Trinajstić information content (AvgIpc) is 3.01. The number of nitrogens with two attached hydrogens (primary N) is 1. The van der Waals surface area contributed by atoms with E-state index in [0.717, 1.165) is 18.5 Å². The Hall–Kier alpha value is -5.46. The molecule has 4 aromatic rings. The van der Waals surface area contributed by atoms with Gasteiger partial charge in [-0.2, -0.15) is 0 Å². The molecule has 2 aromatic heterocycles. The minimum Gasteiger partial charge on any atom is -0.495 e. The molecule has 0 saturated carbocycles. The number of amides is 2. The summed E-state index contributed by atoms with van der Waals surface area (Å²) in [5.41, 5.74) is 6.95. The molecule has 12 nitrogen and oxygen atoms in total. The van der Waals surface area contributed by atoms with Crippen LogP contribution in [-0.4, -0.2) is 71.0 Å². The van der Waals surface area contributed by atoms with Crippen LogP contribution < -0.4 is 30.7 Å². The largest absolute Gasteiger partial charge is 0.495 e. The maximum absolute atomic E-state index is 15.3. The molecule has 2 aliphatic rings. The molecule has 2 aromatic carbocycles. The van der Waals surface area contributed by atoms with E-state index in [4.69, 9.17) is 15.2 Å². The molecule has 2 fully saturated rings. The molecule has 6 rings (SSSR count). The number of fused-ring (bicyclic) bond motifs is 1. The third-order valence-electron chi connectivity index (χ3n) is 8.05. The van der Waals surface area contributed by atoms with E-state index in [1.807, 2.05) is 17.0 Å². The molecule has 0 bridgehead atoms. The van der Waals surface area contributed by atoms with Crippen molar-refractivity contribution in [1.82, 2.24) is 19.9 Å². The van der Waals surface area contributed by atoms with Gasteiger partial charge in [-0.1, -0.05) is 6.58 Å². The first-order valence-corrected chi connectivity index (χ1v) is 14.6. The molecule has 232 valence electrons. The molecule has 0 atom stereocenters.